The molecule has 0 aliphatic heterocycles. The molecule has 0 fully saturated rings. The van der Waals surface area contributed by atoms with Crippen LogP contribution in [0.25, 0.3) is 0 Å². The summed E-state index contributed by atoms with van der Waals surface area (Å²) in [5.74, 6) is -1.07. The Balaban J connectivity index is 4.35. The lowest BCUT2D eigenvalue weighted by Gasteiger charge is -2.17. The van der Waals surface area contributed by atoms with Gasteiger partial charge in [-0.1, -0.05) is 97.8 Å². The van der Waals surface area contributed by atoms with Gasteiger partial charge in [-0.25, -0.2) is 0 Å². The summed E-state index contributed by atoms with van der Waals surface area (Å²) < 4.78 is 16.2. The minimum Gasteiger partial charge on any atom is -0.465 e. The Morgan fingerprint density at radius 3 is 0.971 bits per heavy atom. The Morgan fingerprint density at radius 2 is 0.706 bits per heavy atom. The summed E-state index contributed by atoms with van der Waals surface area (Å²) >= 11 is 0. The fourth-order valence-electron chi connectivity index (χ4n) is 3.61. The first-order valence-electron chi connectivity index (χ1n) is 14.0. The Kier molecular flexibility index (Phi) is 23.4. The molecule has 0 aromatic carbocycles. The van der Waals surface area contributed by atoms with Crippen molar-refractivity contribution in [2.24, 2.45) is 5.92 Å². The van der Waals surface area contributed by atoms with Crippen molar-refractivity contribution in [1.82, 2.24) is 0 Å². The van der Waals surface area contributed by atoms with E-state index in [1.807, 2.05) is 0 Å². The van der Waals surface area contributed by atoms with Crippen molar-refractivity contribution in [2.75, 3.05) is 19.8 Å². The van der Waals surface area contributed by atoms with Gasteiger partial charge in [0.15, 0.2) is 0 Å². The van der Waals surface area contributed by atoms with Gasteiger partial charge >= 0.3 is 17.9 Å². The van der Waals surface area contributed by atoms with E-state index < -0.39 is 0 Å². The second kappa shape index (κ2) is 24.5. The predicted octanol–water partition coefficient (Wildman–Crippen LogP) is 7.31. The molecule has 0 aromatic heterocycles. The molecule has 0 saturated carbocycles. The van der Waals surface area contributed by atoms with E-state index in [0.717, 1.165) is 57.8 Å². The molecular formula is C28H52O6. The molecule has 0 atom stereocenters. The summed E-state index contributed by atoms with van der Waals surface area (Å²) in [6.45, 7) is 6.77. The number of carbonyl (C=O) groups is 3. The molecule has 34 heavy (non-hydrogen) atoms. The first kappa shape index (κ1) is 32.4. The summed E-state index contributed by atoms with van der Waals surface area (Å²) in [4.78, 5) is 36.2. The fourth-order valence-corrected chi connectivity index (χ4v) is 3.61. The van der Waals surface area contributed by atoms with Gasteiger partial charge in [0.1, 0.15) is 19.8 Å². The molecule has 0 unspecified atom stereocenters. The van der Waals surface area contributed by atoms with Crippen LogP contribution in [-0.2, 0) is 28.6 Å². The summed E-state index contributed by atoms with van der Waals surface area (Å²) in [7, 11) is 0. The van der Waals surface area contributed by atoms with E-state index in [4.69, 9.17) is 14.2 Å². The highest BCUT2D eigenvalue weighted by Gasteiger charge is 2.17. The molecule has 200 valence electrons. The van der Waals surface area contributed by atoms with Gasteiger partial charge in [0.25, 0.3) is 0 Å². The van der Waals surface area contributed by atoms with Crippen LogP contribution in [0.1, 0.15) is 136 Å². The Bertz CT molecular complexity index is 434. The van der Waals surface area contributed by atoms with Gasteiger partial charge in [-0.3, -0.25) is 14.4 Å². The topological polar surface area (TPSA) is 78.9 Å². The second-order valence-corrected chi connectivity index (χ2v) is 9.41. The molecule has 0 aliphatic rings. The lowest BCUT2D eigenvalue weighted by molar-refractivity contribution is -0.153. The molecule has 0 N–H and O–H groups in total. The number of unbranched alkanes of at least 4 members (excludes halogenated alkanes) is 12. The van der Waals surface area contributed by atoms with Gasteiger partial charge in [-0.2, -0.15) is 0 Å². The zero-order valence-electron chi connectivity index (χ0n) is 22.4. The maximum atomic E-state index is 12.1. The Morgan fingerprint density at radius 1 is 0.441 bits per heavy atom. The van der Waals surface area contributed by atoms with E-state index in [1.165, 1.54) is 38.5 Å². The molecule has 0 radical (unpaired) electrons. The summed E-state index contributed by atoms with van der Waals surface area (Å²) in [5, 5.41) is 0. The van der Waals surface area contributed by atoms with Crippen molar-refractivity contribution in [3.8, 4) is 0 Å². The average molecular weight is 485 g/mol. The number of hydrogen-bond acceptors (Lipinski definition) is 6. The largest absolute Gasteiger partial charge is 0.465 e. The minimum atomic E-state index is -0.336. The fraction of sp³-hybridized carbons (Fsp3) is 0.893. The number of ether oxygens (including phenoxy) is 3. The third-order valence-corrected chi connectivity index (χ3v) is 5.89. The molecule has 0 saturated heterocycles. The SMILES string of the molecule is CCCCCCCC(=O)OCC(COC(=O)CCCCCCC)COC(=O)CCCCCCC. The highest BCUT2D eigenvalue weighted by atomic mass is 16.6. The monoisotopic (exact) mass is 484 g/mol. The van der Waals surface area contributed by atoms with Crippen LogP contribution >= 0.6 is 0 Å². The molecule has 0 rings (SSSR count). The van der Waals surface area contributed by atoms with E-state index in [0.29, 0.717) is 19.3 Å². The van der Waals surface area contributed by atoms with Gasteiger partial charge in [0.2, 0.25) is 0 Å². The maximum Gasteiger partial charge on any atom is 0.305 e. The molecular weight excluding hydrogens is 432 g/mol. The first-order valence-corrected chi connectivity index (χ1v) is 14.0. The molecule has 0 heterocycles. The van der Waals surface area contributed by atoms with E-state index in [1.54, 1.807) is 0 Å². The van der Waals surface area contributed by atoms with E-state index in [2.05, 4.69) is 20.8 Å². The van der Waals surface area contributed by atoms with Crippen molar-refractivity contribution >= 4 is 17.9 Å². The van der Waals surface area contributed by atoms with Gasteiger partial charge in [0, 0.05) is 19.3 Å². The van der Waals surface area contributed by atoms with Crippen LogP contribution < -0.4 is 0 Å². The van der Waals surface area contributed by atoms with Crippen LogP contribution in [0.15, 0.2) is 0 Å². The van der Waals surface area contributed by atoms with Crippen LogP contribution in [0.3, 0.4) is 0 Å². The van der Waals surface area contributed by atoms with E-state index >= 15 is 0 Å². The Hall–Kier alpha value is -1.59. The quantitative estimate of drug-likeness (QED) is 0.0811. The molecule has 0 aromatic rings. The van der Waals surface area contributed by atoms with Gasteiger partial charge < -0.3 is 14.2 Å². The summed E-state index contributed by atoms with van der Waals surface area (Å²) in [5.41, 5.74) is 0. The molecule has 0 aliphatic carbocycles. The zero-order chi connectivity index (χ0) is 25.3. The highest BCUT2D eigenvalue weighted by molar-refractivity contribution is 5.70. The second-order valence-electron chi connectivity index (χ2n) is 9.41. The Labute approximate surface area is 208 Å². The van der Waals surface area contributed by atoms with Crippen molar-refractivity contribution in [1.29, 1.82) is 0 Å². The average Bonchev–Trinajstić information content (AvgIpc) is 2.83. The lowest BCUT2D eigenvalue weighted by atomic mass is 10.1. The normalized spacial score (nSPS) is 10.9. The molecule has 6 heteroatoms. The highest BCUT2D eigenvalue weighted by Crippen LogP contribution is 2.11. The maximum absolute atomic E-state index is 12.1. The van der Waals surface area contributed by atoms with E-state index in [9.17, 15) is 14.4 Å². The smallest absolute Gasteiger partial charge is 0.305 e. The standard InChI is InChI=1S/C28H52O6/c1-4-7-10-13-16-19-26(29)32-22-25(23-33-27(30)20-17-14-11-8-5-2)24-34-28(31)21-18-15-12-9-6-3/h25H,4-24H2,1-3H3. The van der Waals surface area contributed by atoms with Crippen LogP contribution in [0.2, 0.25) is 0 Å². The van der Waals surface area contributed by atoms with Crippen molar-refractivity contribution in [3.05, 3.63) is 0 Å². The number of hydrogen-bond donors (Lipinski definition) is 0. The van der Waals surface area contributed by atoms with Crippen LogP contribution in [0, 0.1) is 5.92 Å². The van der Waals surface area contributed by atoms with Crippen LogP contribution in [-0.4, -0.2) is 37.7 Å². The molecule has 0 spiro atoms. The number of esters is 3. The van der Waals surface area contributed by atoms with Gasteiger partial charge in [0.05, 0.1) is 5.92 Å². The van der Waals surface area contributed by atoms with Gasteiger partial charge in [-0.05, 0) is 19.3 Å². The lowest BCUT2D eigenvalue weighted by Crippen LogP contribution is -2.26. The zero-order valence-corrected chi connectivity index (χ0v) is 22.4. The van der Waals surface area contributed by atoms with Crippen molar-refractivity contribution < 1.29 is 28.6 Å². The van der Waals surface area contributed by atoms with E-state index in [-0.39, 0.29) is 43.6 Å². The molecule has 0 bridgehead atoms. The summed E-state index contributed by atoms with van der Waals surface area (Å²) in [6.07, 6.45) is 17.2. The van der Waals surface area contributed by atoms with Crippen molar-refractivity contribution in [2.45, 2.75) is 136 Å². The third-order valence-electron chi connectivity index (χ3n) is 5.89. The molecule has 6 nitrogen and oxygen atoms in total. The number of carbonyl (C=O) groups excluding carboxylic acids is 3. The number of rotatable bonds is 24. The van der Waals surface area contributed by atoms with Gasteiger partial charge in [-0.15, -0.1) is 0 Å². The minimum absolute atomic E-state index is 0.0986. The predicted molar refractivity (Wildman–Crippen MR) is 136 cm³/mol. The van der Waals surface area contributed by atoms with Crippen LogP contribution in [0.4, 0.5) is 0 Å². The first-order chi connectivity index (χ1) is 16.5. The molecule has 0 amide bonds. The third kappa shape index (κ3) is 22.2. The summed E-state index contributed by atoms with van der Waals surface area (Å²) in [6, 6.07) is 0. The van der Waals surface area contributed by atoms with Crippen LogP contribution in [0.5, 0.6) is 0 Å². The van der Waals surface area contributed by atoms with Crippen molar-refractivity contribution in [3.63, 3.8) is 0 Å².